The van der Waals surface area contributed by atoms with Crippen LogP contribution in [0.4, 0.5) is 0 Å². The van der Waals surface area contributed by atoms with E-state index in [0.29, 0.717) is 0 Å². The molecule has 21 heavy (non-hydrogen) atoms. The lowest BCUT2D eigenvalue weighted by Gasteiger charge is -2.06. The van der Waals surface area contributed by atoms with Crippen molar-refractivity contribution >= 4 is 12.0 Å². The van der Waals surface area contributed by atoms with Gasteiger partial charge in [-0.05, 0) is 23.8 Å². The van der Waals surface area contributed by atoms with Gasteiger partial charge in [0.05, 0.1) is 0 Å². The van der Waals surface area contributed by atoms with Gasteiger partial charge < -0.3 is 5.32 Å². The molecule has 0 bridgehead atoms. The molecule has 0 heterocycles. The molecular formula is C19H17NO. The maximum absolute atomic E-state index is 11.3. The zero-order chi connectivity index (χ0) is 14.9. The van der Waals surface area contributed by atoms with E-state index in [1.165, 1.54) is 6.92 Å². The van der Waals surface area contributed by atoms with Crippen LogP contribution in [0.1, 0.15) is 18.1 Å². The van der Waals surface area contributed by atoms with Gasteiger partial charge in [0.1, 0.15) is 6.04 Å². The maximum atomic E-state index is 11.3. The first-order valence-electron chi connectivity index (χ1n) is 6.81. The summed E-state index contributed by atoms with van der Waals surface area (Å²) in [5.41, 5.74) is 2.01. The van der Waals surface area contributed by atoms with E-state index in [1.807, 2.05) is 72.8 Å². The highest BCUT2D eigenvalue weighted by molar-refractivity contribution is 5.74. The summed E-state index contributed by atoms with van der Waals surface area (Å²) in [5.74, 6) is 6.04. The Morgan fingerprint density at radius 2 is 1.67 bits per heavy atom. The predicted octanol–water partition coefficient (Wildman–Crippen LogP) is 3.26. The van der Waals surface area contributed by atoms with Gasteiger partial charge in [-0.1, -0.05) is 66.4 Å². The standard InChI is InChI=1S/C19H17NO/c1-16(21)20-19(14-12-17-8-4-2-5-9-17)15-13-18-10-6-3-7-11-18/h2-12,14,19H,1H3,(H,20,21)/b14-12+/t19-/m0/s1. The van der Waals surface area contributed by atoms with Crippen molar-refractivity contribution in [3.05, 3.63) is 77.9 Å². The van der Waals surface area contributed by atoms with Crippen molar-refractivity contribution < 1.29 is 4.79 Å². The van der Waals surface area contributed by atoms with Crippen molar-refractivity contribution in [1.82, 2.24) is 5.32 Å². The number of carbonyl (C=O) groups is 1. The quantitative estimate of drug-likeness (QED) is 0.856. The highest BCUT2D eigenvalue weighted by atomic mass is 16.1. The summed E-state index contributed by atoms with van der Waals surface area (Å²) >= 11 is 0. The van der Waals surface area contributed by atoms with Crippen LogP contribution >= 0.6 is 0 Å². The number of rotatable bonds is 3. The Morgan fingerprint density at radius 3 is 2.29 bits per heavy atom. The van der Waals surface area contributed by atoms with Crippen LogP contribution < -0.4 is 5.32 Å². The zero-order valence-corrected chi connectivity index (χ0v) is 11.9. The van der Waals surface area contributed by atoms with Gasteiger partial charge in [-0.2, -0.15) is 0 Å². The Balaban J connectivity index is 2.14. The summed E-state index contributed by atoms with van der Waals surface area (Å²) in [6.45, 7) is 1.49. The SMILES string of the molecule is CC(=O)N[C@H](C#Cc1ccccc1)/C=C/c1ccccc1. The molecule has 0 aliphatic rings. The van der Waals surface area contributed by atoms with E-state index >= 15 is 0 Å². The van der Waals surface area contributed by atoms with Crippen LogP contribution in [-0.2, 0) is 4.79 Å². The molecule has 0 saturated heterocycles. The second-order valence-electron chi connectivity index (χ2n) is 4.58. The number of hydrogen-bond donors (Lipinski definition) is 1. The summed E-state index contributed by atoms with van der Waals surface area (Å²) < 4.78 is 0. The van der Waals surface area contributed by atoms with Gasteiger partial charge in [0, 0.05) is 12.5 Å². The highest BCUT2D eigenvalue weighted by Gasteiger charge is 2.01. The molecule has 1 amide bonds. The van der Waals surface area contributed by atoms with E-state index in [2.05, 4.69) is 17.2 Å². The van der Waals surface area contributed by atoms with Crippen LogP contribution in [0.5, 0.6) is 0 Å². The van der Waals surface area contributed by atoms with Crippen molar-refractivity contribution in [3.8, 4) is 11.8 Å². The third-order valence-corrected chi connectivity index (χ3v) is 2.79. The first-order valence-corrected chi connectivity index (χ1v) is 6.81. The lowest BCUT2D eigenvalue weighted by Crippen LogP contribution is -2.30. The second-order valence-corrected chi connectivity index (χ2v) is 4.58. The van der Waals surface area contributed by atoms with E-state index in [4.69, 9.17) is 0 Å². The Morgan fingerprint density at radius 1 is 1.05 bits per heavy atom. The van der Waals surface area contributed by atoms with Gasteiger partial charge in [-0.25, -0.2) is 0 Å². The molecule has 104 valence electrons. The van der Waals surface area contributed by atoms with E-state index in [-0.39, 0.29) is 11.9 Å². The average Bonchev–Trinajstić information content (AvgIpc) is 2.51. The molecule has 2 nitrogen and oxygen atoms in total. The van der Waals surface area contributed by atoms with Crippen molar-refractivity contribution in [1.29, 1.82) is 0 Å². The Hall–Kier alpha value is -2.79. The highest BCUT2D eigenvalue weighted by Crippen LogP contribution is 2.02. The number of benzene rings is 2. The normalized spacial score (nSPS) is 11.5. The van der Waals surface area contributed by atoms with E-state index in [1.54, 1.807) is 0 Å². The maximum Gasteiger partial charge on any atom is 0.218 e. The van der Waals surface area contributed by atoms with Crippen LogP contribution in [0, 0.1) is 11.8 Å². The third-order valence-electron chi connectivity index (χ3n) is 2.79. The van der Waals surface area contributed by atoms with E-state index in [9.17, 15) is 4.79 Å². The minimum Gasteiger partial charge on any atom is -0.339 e. The van der Waals surface area contributed by atoms with E-state index < -0.39 is 0 Å². The third kappa shape index (κ3) is 5.38. The molecule has 0 saturated carbocycles. The molecule has 0 aliphatic carbocycles. The monoisotopic (exact) mass is 275 g/mol. The van der Waals surface area contributed by atoms with Crippen LogP contribution in [0.25, 0.3) is 6.08 Å². The molecule has 1 N–H and O–H groups in total. The summed E-state index contributed by atoms with van der Waals surface area (Å²) in [7, 11) is 0. The smallest absolute Gasteiger partial charge is 0.218 e. The Labute approximate surface area is 125 Å². The van der Waals surface area contributed by atoms with Gasteiger partial charge in [0.15, 0.2) is 0 Å². The largest absolute Gasteiger partial charge is 0.339 e. The zero-order valence-electron chi connectivity index (χ0n) is 11.9. The van der Waals surface area contributed by atoms with Crippen molar-refractivity contribution in [2.75, 3.05) is 0 Å². The van der Waals surface area contributed by atoms with E-state index in [0.717, 1.165) is 11.1 Å². The van der Waals surface area contributed by atoms with Gasteiger partial charge in [0.2, 0.25) is 5.91 Å². The van der Waals surface area contributed by atoms with Gasteiger partial charge in [-0.3, -0.25) is 4.79 Å². The van der Waals surface area contributed by atoms with Crippen LogP contribution in [-0.4, -0.2) is 11.9 Å². The molecule has 2 aromatic carbocycles. The molecule has 2 rings (SSSR count). The molecule has 0 fully saturated rings. The van der Waals surface area contributed by atoms with Crippen molar-refractivity contribution in [2.24, 2.45) is 0 Å². The van der Waals surface area contributed by atoms with Crippen molar-refractivity contribution in [2.45, 2.75) is 13.0 Å². The molecule has 0 unspecified atom stereocenters. The topological polar surface area (TPSA) is 29.1 Å². The Kier molecular flexibility index (Phi) is 5.37. The lowest BCUT2D eigenvalue weighted by molar-refractivity contribution is -0.119. The molecule has 0 aliphatic heterocycles. The Bertz CT molecular complexity index is 663. The van der Waals surface area contributed by atoms with Crippen LogP contribution in [0.3, 0.4) is 0 Å². The molecule has 0 aromatic heterocycles. The molecule has 2 heteroatoms. The average molecular weight is 275 g/mol. The van der Waals surface area contributed by atoms with Gasteiger partial charge in [-0.15, -0.1) is 0 Å². The number of carbonyl (C=O) groups excluding carboxylic acids is 1. The predicted molar refractivity (Wildman–Crippen MR) is 86.4 cm³/mol. The molecule has 1 atom stereocenters. The van der Waals surface area contributed by atoms with Crippen LogP contribution in [0.2, 0.25) is 0 Å². The first kappa shape index (κ1) is 14.6. The molecule has 0 radical (unpaired) electrons. The summed E-state index contributed by atoms with van der Waals surface area (Å²) in [5, 5.41) is 2.82. The fourth-order valence-corrected chi connectivity index (χ4v) is 1.81. The second kappa shape index (κ2) is 7.72. The van der Waals surface area contributed by atoms with Gasteiger partial charge in [0.25, 0.3) is 0 Å². The number of hydrogen-bond acceptors (Lipinski definition) is 1. The first-order chi connectivity index (χ1) is 10.2. The minimum atomic E-state index is -0.303. The summed E-state index contributed by atoms with van der Waals surface area (Å²) in [6, 6.07) is 19.3. The minimum absolute atomic E-state index is 0.0972. The lowest BCUT2D eigenvalue weighted by atomic mass is 10.1. The van der Waals surface area contributed by atoms with Gasteiger partial charge >= 0.3 is 0 Å². The fraction of sp³-hybridized carbons (Fsp3) is 0.105. The molecule has 2 aromatic rings. The van der Waals surface area contributed by atoms with Crippen LogP contribution in [0.15, 0.2) is 66.7 Å². The molecule has 0 spiro atoms. The fourth-order valence-electron chi connectivity index (χ4n) is 1.81. The summed E-state index contributed by atoms with van der Waals surface area (Å²) in [6.07, 6.45) is 3.85. The molecular weight excluding hydrogens is 258 g/mol. The van der Waals surface area contributed by atoms with Crippen molar-refractivity contribution in [3.63, 3.8) is 0 Å². The number of nitrogens with one attached hydrogen (secondary N) is 1. The summed E-state index contributed by atoms with van der Waals surface area (Å²) in [4.78, 5) is 11.3. The number of amides is 1.